The summed E-state index contributed by atoms with van der Waals surface area (Å²) in [6, 6.07) is 3.69. The van der Waals surface area contributed by atoms with Gasteiger partial charge < -0.3 is 31.3 Å². The molecule has 6 atom stereocenters. The molecule has 0 saturated heterocycles. The number of nitrogens with one attached hydrogen (secondary N) is 2. The lowest BCUT2D eigenvalue weighted by molar-refractivity contribution is -0.0443. The number of thioether (sulfide) groups is 1. The zero-order valence-electron chi connectivity index (χ0n) is 20.0. The summed E-state index contributed by atoms with van der Waals surface area (Å²) in [4.78, 5) is 9.14. The molecule has 4 rings (SSSR count). The lowest BCUT2D eigenvalue weighted by Gasteiger charge is -2.18. The number of hydrogen-bond donors (Lipinski definition) is 5. The minimum absolute atomic E-state index is 0.0127. The van der Waals surface area contributed by atoms with E-state index in [-0.39, 0.29) is 24.6 Å². The number of anilines is 3. The maximum Gasteiger partial charge on any atom is 0.191 e. The second-order valence-corrected chi connectivity index (χ2v) is 10.3. The number of benzene rings is 1. The van der Waals surface area contributed by atoms with E-state index in [0.29, 0.717) is 40.9 Å². The number of nitrogen functional groups attached to an aromatic ring is 1. The molecule has 12 heteroatoms. The Labute approximate surface area is 212 Å². The standard InChI is InChI=1S/C24H32F3N5O3S/c1-2-5-36-24-31-22(29-14-7-19(34)20(8-14)35-11-13(25)10-33)21(28)23(32-24)30-18-9-15(18)12-3-4-16(26)17(27)6-12/h3-4,6,13-15,18-20,33-34H,2,5,7-11,28H2,1H3,(H2,29,30,31,32). The second-order valence-electron chi connectivity index (χ2n) is 9.26. The summed E-state index contributed by atoms with van der Waals surface area (Å²) in [6.45, 7) is 1.14. The highest BCUT2D eigenvalue weighted by atomic mass is 32.2. The van der Waals surface area contributed by atoms with Crippen molar-refractivity contribution < 1.29 is 28.1 Å². The highest BCUT2D eigenvalue weighted by Crippen LogP contribution is 2.44. The Hall–Kier alpha value is -2.28. The van der Waals surface area contributed by atoms with E-state index in [0.717, 1.165) is 24.7 Å². The third-order valence-corrected chi connectivity index (χ3v) is 7.40. The lowest BCUT2D eigenvalue weighted by atomic mass is 10.1. The number of halogens is 3. The van der Waals surface area contributed by atoms with Crippen molar-refractivity contribution in [2.75, 3.05) is 35.3 Å². The third-order valence-electron chi connectivity index (χ3n) is 6.35. The summed E-state index contributed by atoms with van der Waals surface area (Å²) in [5.41, 5.74) is 7.43. The monoisotopic (exact) mass is 527 g/mol. The molecule has 1 heterocycles. The Morgan fingerprint density at radius 2 is 1.92 bits per heavy atom. The maximum atomic E-state index is 13.7. The highest BCUT2D eigenvalue weighted by molar-refractivity contribution is 7.99. The average molecular weight is 528 g/mol. The number of ether oxygens (including phenoxy) is 1. The van der Waals surface area contributed by atoms with Crippen molar-refractivity contribution in [1.82, 2.24) is 9.97 Å². The van der Waals surface area contributed by atoms with Crippen LogP contribution >= 0.6 is 11.8 Å². The van der Waals surface area contributed by atoms with Crippen LogP contribution in [0.2, 0.25) is 0 Å². The molecule has 8 nitrogen and oxygen atoms in total. The Balaban J connectivity index is 1.45. The minimum atomic E-state index is -1.49. The molecular weight excluding hydrogens is 495 g/mol. The molecule has 0 bridgehead atoms. The summed E-state index contributed by atoms with van der Waals surface area (Å²) < 4.78 is 45.7. The molecule has 0 amide bonds. The molecule has 6 N–H and O–H groups in total. The highest BCUT2D eigenvalue weighted by Gasteiger charge is 2.40. The third kappa shape index (κ3) is 6.53. The zero-order valence-corrected chi connectivity index (χ0v) is 20.8. The number of nitrogens with zero attached hydrogens (tertiary/aromatic N) is 2. The molecule has 198 valence electrons. The minimum Gasteiger partial charge on any atom is -0.393 e. The normalized spacial score (nSPS) is 26.1. The fourth-order valence-corrected chi connectivity index (χ4v) is 5.01. The van der Waals surface area contributed by atoms with E-state index in [1.807, 2.05) is 0 Å². The molecular formula is C24H32F3N5O3S. The summed E-state index contributed by atoms with van der Waals surface area (Å²) in [5, 5.41) is 26.3. The van der Waals surface area contributed by atoms with Crippen LogP contribution in [-0.2, 0) is 4.74 Å². The molecule has 2 aromatic rings. The molecule has 0 spiro atoms. The van der Waals surface area contributed by atoms with Gasteiger partial charge in [0.2, 0.25) is 0 Å². The summed E-state index contributed by atoms with van der Waals surface area (Å²) in [6.07, 6.45) is -0.397. The average Bonchev–Trinajstić information content (AvgIpc) is 3.54. The molecule has 36 heavy (non-hydrogen) atoms. The molecule has 2 aliphatic carbocycles. The van der Waals surface area contributed by atoms with Crippen molar-refractivity contribution in [3.63, 3.8) is 0 Å². The topological polar surface area (TPSA) is 126 Å². The van der Waals surface area contributed by atoms with Crippen LogP contribution in [0.4, 0.5) is 30.5 Å². The van der Waals surface area contributed by atoms with Crippen molar-refractivity contribution in [1.29, 1.82) is 0 Å². The van der Waals surface area contributed by atoms with Gasteiger partial charge >= 0.3 is 0 Å². The van der Waals surface area contributed by atoms with Gasteiger partial charge in [0.1, 0.15) is 11.9 Å². The summed E-state index contributed by atoms with van der Waals surface area (Å²) >= 11 is 1.49. The first kappa shape index (κ1) is 26.8. The van der Waals surface area contributed by atoms with Crippen LogP contribution in [0.25, 0.3) is 0 Å². The zero-order chi connectivity index (χ0) is 25.8. The van der Waals surface area contributed by atoms with E-state index in [4.69, 9.17) is 15.6 Å². The van der Waals surface area contributed by atoms with E-state index in [1.54, 1.807) is 6.07 Å². The van der Waals surface area contributed by atoms with Crippen LogP contribution in [0.15, 0.2) is 23.4 Å². The maximum absolute atomic E-state index is 13.7. The number of aromatic nitrogens is 2. The van der Waals surface area contributed by atoms with Gasteiger partial charge in [0.05, 0.1) is 25.4 Å². The number of hydrogen-bond acceptors (Lipinski definition) is 9. The summed E-state index contributed by atoms with van der Waals surface area (Å²) in [5.74, 6) is -0.0391. The van der Waals surface area contributed by atoms with Crippen LogP contribution < -0.4 is 16.4 Å². The number of alkyl halides is 1. The van der Waals surface area contributed by atoms with Gasteiger partial charge in [-0.05, 0) is 43.4 Å². The molecule has 1 aromatic carbocycles. The fraction of sp³-hybridized carbons (Fsp3) is 0.583. The first-order valence-electron chi connectivity index (χ1n) is 12.1. The molecule has 0 aliphatic heterocycles. The molecule has 2 aliphatic rings. The Kier molecular flexibility index (Phi) is 8.81. The predicted molar refractivity (Wildman–Crippen MR) is 133 cm³/mol. The van der Waals surface area contributed by atoms with Crippen molar-refractivity contribution in [3.8, 4) is 0 Å². The molecule has 0 radical (unpaired) electrons. The smallest absolute Gasteiger partial charge is 0.191 e. The first-order valence-corrected chi connectivity index (χ1v) is 13.1. The number of aliphatic hydroxyl groups is 2. The van der Waals surface area contributed by atoms with Crippen molar-refractivity contribution in [2.24, 2.45) is 0 Å². The lowest BCUT2D eigenvalue weighted by Crippen LogP contribution is -2.27. The van der Waals surface area contributed by atoms with Gasteiger partial charge in [-0.15, -0.1) is 0 Å². The van der Waals surface area contributed by atoms with Crippen LogP contribution in [0, 0.1) is 11.6 Å². The van der Waals surface area contributed by atoms with Crippen LogP contribution in [0.3, 0.4) is 0 Å². The fourth-order valence-electron chi connectivity index (χ4n) is 4.32. The van der Waals surface area contributed by atoms with Crippen LogP contribution in [0.1, 0.15) is 44.1 Å². The molecule has 2 saturated carbocycles. The number of aliphatic hydroxyl groups excluding tert-OH is 2. The van der Waals surface area contributed by atoms with Gasteiger partial charge in [-0.3, -0.25) is 0 Å². The molecule has 2 fully saturated rings. The van der Waals surface area contributed by atoms with Gasteiger partial charge in [0, 0.05) is 23.8 Å². The van der Waals surface area contributed by atoms with Gasteiger partial charge in [0.25, 0.3) is 0 Å². The predicted octanol–water partition coefficient (Wildman–Crippen LogP) is 3.46. The van der Waals surface area contributed by atoms with Crippen molar-refractivity contribution >= 4 is 29.1 Å². The number of nitrogens with two attached hydrogens (primary N) is 1. The summed E-state index contributed by atoms with van der Waals surface area (Å²) in [7, 11) is 0. The van der Waals surface area contributed by atoms with Crippen LogP contribution in [0.5, 0.6) is 0 Å². The number of rotatable bonds is 12. The molecule has 1 aromatic heterocycles. The quantitative estimate of drug-likeness (QED) is 0.208. The van der Waals surface area contributed by atoms with E-state index < -0.39 is 36.6 Å². The van der Waals surface area contributed by atoms with Crippen LogP contribution in [-0.4, -0.2) is 69.6 Å². The largest absolute Gasteiger partial charge is 0.393 e. The van der Waals surface area contributed by atoms with Gasteiger partial charge in [-0.1, -0.05) is 24.8 Å². The Morgan fingerprint density at radius 1 is 1.17 bits per heavy atom. The van der Waals surface area contributed by atoms with Crippen molar-refractivity contribution in [3.05, 3.63) is 35.4 Å². The molecule has 6 unspecified atom stereocenters. The van der Waals surface area contributed by atoms with E-state index in [1.165, 1.54) is 17.8 Å². The van der Waals surface area contributed by atoms with Crippen molar-refractivity contribution in [2.45, 2.75) is 74.1 Å². The second kappa shape index (κ2) is 11.8. The SMILES string of the molecule is CCCSc1nc(NC2CC(O)C(OCC(F)CO)C2)c(N)c(NC2CC2c2ccc(F)c(F)c2)n1. The van der Waals surface area contributed by atoms with Gasteiger partial charge in [-0.2, -0.15) is 0 Å². The van der Waals surface area contributed by atoms with E-state index in [2.05, 4.69) is 27.5 Å². The first-order chi connectivity index (χ1) is 17.3. The van der Waals surface area contributed by atoms with E-state index in [9.17, 15) is 18.3 Å². The van der Waals surface area contributed by atoms with E-state index >= 15 is 0 Å². The van der Waals surface area contributed by atoms with Gasteiger partial charge in [-0.25, -0.2) is 23.1 Å². The Morgan fingerprint density at radius 3 is 2.61 bits per heavy atom. The Bertz CT molecular complexity index is 1050. The van der Waals surface area contributed by atoms with Gasteiger partial charge in [0.15, 0.2) is 28.4 Å².